The molecule has 0 atom stereocenters. The zero-order chi connectivity index (χ0) is 12.3. The first-order chi connectivity index (χ1) is 8.20. The van der Waals surface area contributed by atoms with Crippen LogP contribution in [-0.2, 0) is 6.42 Å². The molecule has 0 spiro atoms. The van der Waals surface area contributed by atoms with Crippen LogP contribution in [0.2, 0.25) is 0 Å². The van der Waals surface area contributed by atoms with Gasteiger partial charge in [-0.25, -0.2) is 4.39 Å². The van der Waals surface area contributed by atoms with Crippen molar-refractivity contribution in [3.63, 3.8) is 0 Å². The van der Waals surface area contributed by atoms with E-state index >= 15 is 0 Å². The highest BCUT2D eigenvalue weighted by Crippen LogP contribution is 2.24. The van der Waals surface area contributed by atoms with Gasteiger partial charge >= 0.3 is 0 Å². The van der Waals surface area contributed by atoms with E-state index in [0.29, 0.717) is 4.47 Å². The maximum absolute atomic E-state index is 13.4. The third-order valence-electron chi connectivity index (χ3n) is 2.75. The molecule has 0 amide bonds. The molecule has 0 radical (unpaired) electrons. The number of hydrogen-bond donors (Lipinski definition) is 0. The fourth-order valence-corrected chi connectivity index (χ4v) is 2.07. The van der Waals surface area contributed by atoms with Gasteiger partial charge in [0.15, 0.2) is 0 Å². The van der Waals surface area contributed by atoms with E-state index < -0.39 is 0 Å². The van der Waals surface area contributed by atoms with Gasteiger partial charge in [-0.1, -0.05) is 43.7 Å². The van der Waals surface area contributed by atoms with Crippen LogP contribution in [0, 0.1) is 5.82 Å². The van der Waals surface area contributed by atoms with Crippen LogP contribution in [-0.4, -0.2) is 0 Å². The van der Waals surface area contributed by atoms with E-state index in [1.807, 2.05) is 18.2 Å². The Balaban J connectivity index is 2.30. The van der Waals surface area contributed by atoms with Gasteiger partial charge in [-0.15, -0.1) is 0 Å². The van der Waals surface area contributed by atoms with E-state index in [4.69, 9.17) is 0 Å². The lowest BCUT2D eigenvalue weighted by Gasteiger charge is -2.04. The molecule has 0 N–H and O–H groups in total. The Bertz CT molecular complexity index is 503. The molecule has 0 saturated carbocycles. The predicted octanol–water partition coefficient (Wildman–Crippen LogP) is 5.21. The minimum atomic E-state index is -0.222. The third kappa shape index (κ3) is 2.95. The van der Waals surface area contributed by atoms with E-state index in [-0.39, 0.29) is 5.82 Å². The summed E-state index contributed by atoms with van der Waals surface area (Å²) in [5.41, 5.74) is 3.29. The highest BCUT2D eigenvalue weighted by Gasteiger charge is 2.02. The Morgan fingerprint density at radius 2 is 1.65 bits per heavy atom. The topological polar surface area (TPSA) is 0 Å². The summed E-state index contributed by atoms with van der Waals surface area (Å²) in [4.78, 5) is 0. The van der Waals surface area contributed by atoms with Gasteiger partial charge in [-0.2, -0.15) is 0 Å². The molecular weight excluding hydrogens is 279 g/mol. The molecule has 0 unspecified atom stereocenters. The smallest absolute Gasteiger partial charge is 0.137 e. The van der Waals surface area contributed by atoms with E-state index in [9.17, 15) is 4.39 Å². The largest absolute Gasteiger partial charge is 0.206 e. The standard InChI is InChI=1S/C15H14BrF/c1-2-3-11-4-6-12(7-5-11)13-8-9-14(16)15(17)10-13/h4-10H,2-3H2,1H3. The molecule has 0 saturated heterocycles. The van der Waals surface area contributed by atoms with Crippen molar-refractivity contribution in [2.24, 2.45) is 0 Å². The van der Waals surface area contributed by atoms with Crippen molar-refractivity contribution in [3.05, 3.63) is 58.3 Å². The first-order valence-corrected chi connectivity index (χ1v) is 6.54. The quantitative estimate of drug-likeness (QED) is 0.729. The molecule has 2 aromatic carbocycles. The molecule has 0 aromatic heterocycles. The molecule has 0 aliphatic rings. The van der Waals surface area contributed by atoms with E-state index in [1.165, 1.54) is 5.56 Å². The minimum Gasteiger partial charge on any atom is -0.206 e. The molecule has 2 aromatic rings. The summed E-state index contributed by atoms with van der Waals surface area (Å²) >= 11 is 3.16. The third-order valence-corrected chi connectivity index (χ3v) is 3.39. The van der Waals surface area contributed by atoms with E-state index in [1.54, 1.807) is 12.1 Å². The molecule has 0 bridgehead atoms. The van der Waals surface area contributed by atoms with Crippen molar-refractivity contribution in [3.8, 4) is 11.1 Å². The lowest BCUT2D eigenvalue weighted by atomic mass is 10.0. The second kappa shape index (κ2) is 5.46. The number of hydrogen-bond acceptors (Lipinski definition) is 0. The Labute approximate surface area is 110 Å². The molecule has 88 valence electrons. The number of rotatable bonds is 3. The zero-order valence-corrected chi connectivity index (χ0v) is 11.3. The first-order valence-electron chi connectivity index (χ1n) is 5.75. The van der Waals surface area contributed by atoms with Crippen LogP contribution in [0.25, 0.3) is 11.1 Å². The maximum Gasteiger partial charge on any atom is 0.137 e. The highest BCUT2D eigenvalue weighted by molar-refractivity contribution is 9.10. The molecule has 0 nitrogen and oxygen atoms in total. The summed E-state index contributed by atoms with van der Waals surface area (Å²) in [6.07, 6.45) is 2.24. The van der Waals surface area contributed by atoms with Crippen LogP contribution in [0.5, 0.6) is 0 Å². The lowest BCUT2D eigenvalue weighted by molar-refractivity contribution is 0.621. The summed E-state index contributed by atoms with van der Waals surface area (Å²) in [7, 11) is 0. The summed E-state index contributed by atoms with van der Waals surface area (Å²) < 4.78 is 13.9. The fraction of sp³-hybridized carbons (Fsp3) is 0.200. The average Bonchev–Trinajstić information content (AvgIpc) is 2.34. The Kier molecular flexibility index (Phi) is 3.95. The summed E-state index contributed by atoms with van der Waals surface area (Å²) in [6, 6.07) is 13.5. The molecule has 17 heavy (non-hydrogen) atoms. The van der Waals surface area contributed by atoms with E-state index in [2.05, 4.69) is 35.0 Å². The van der Waals surface area contributed by atoms with Crippen LogP contribution in [0.3, 0.4) is 0 Å². The van der Waals surface area contributed by atoms with Crippen molar-refractivity contribution < 1.29 is 4.39 Å². The van der Waals surface area contributed by atoms with Gasteiger partial charge in [0, 0.05) is 0 Å². The predicted molar refractivity (Wildman–Crippen MR) is 73.5 cm³/mol. The van der Waals surface area contributed by atoms with Gasteiger partial charge < -0.3 is 0 Å². The Morgan fingerprint density at radius 3 is 2.24 bits per heavy atom. The first kappa shape index (κ1) is 12.3. The second-order valence-electron chi connectivity index (χ2n) is 4.08. The molecule has 0 aliphatic heterocycles. The van der Waals surface area contributed by atoms with Gasteiger partial charge in [-0.05, 0) is 51.2 Å². The minimum absolute atomic E-state index is 0.222. The number of halogens is 2. The molecule has 2 rings (SSSR count). The molecule has 0 heterocycles. The Morgan fingerprint density at radius 1 is 1.00 bits per heavy atom. The van der Waals surface area contributed by atoms with Gasteiger partial charge in [0.2, 0.25) is 0 Å². The van der Waals surface area contributed by atoms with Crippen molar-refractivity contribution in [1.82, 2.24) is 0 Å². The number of aryl methyl sites for hydroxylation is 1. The monoisotopic (exact) mass is 292 g/mol. The van der Waals surface area contributed by atoms with Crippen LogP contribution in [0.15, 0.2) is 46.9 Å². The molecule has 0 fully saturated rings. The van der Waals surface area contributed by atoms with Gasteiger partial charge in [-0.3, -0.25) is 0 Å². The SMILES string of the molecule is CCCc1ccc(-c2ccc(Br)c(F)c2)cc1. The van der Waals surface area contributed by atoms with Crippen molar-refractivity contribution in [2.45, 2.75) is 19.8 Å². The lowest BCUT2D eigenvalue weighted by Crippen LogP contribution is -1.85. The second-order valence-corrected chi connectivity index (χ2v) is 4.93. The zero-order valence-electron chi connectivity index (χ0n) is 9.71. The summed E-state index contributed by atoms with van der Waals surface area (Å²) in [6.45, 7) is 2.16. The van der Waals surface area contributed by atoms with Crippen molar-refractivity contribution >= 4 is 15.9 Å². The summed E-state index contributed by atoms with van der Waals surface area (Å²) in [5.74, 6) is -0.222. The van der Waals surface area contributed by atoms with Gasteiger partial charge in [0.05, 0.1) is 4.47 Å². The van der Waals surface area contributed by atoms with Gasteiger partial charge in [0.1, 0.15) is 5.82 Å². The Hall–Kier alpha value is -1.15. The fourth-order valence-electron chi connectivity index (χ4n) is 1.83. The summed E-state index contributed by atoms with van der Waals surface area (Å²) in [5, 5.41) is 0. The molecule has 0 aliphatic carbocycles. The normalized spacial score (nSPS) is 10.5. The average molecular weight is 293 g/mol. The van der Waals surface area contributed by atoms with Crippen LogP contribution >= 0.6 is 15.9 Å². The number of benzene rings is 2. The molecular formula is C15H14BrF. The van der Waals surface area contributed by atoms with E-state index in [0.717, 1.165) is 24.0 Å². The molecule has 2 heteroatoms. The van der Waals surface area contributed by atoms with Crippen molar-refractivity contribution in [2.75, 3.05) is 0 Å². The maximum atomic E-state index is 13.4. The van der Waals surface area contributed by atoms with Crippen LogP contribution < -0.4 is 0 Å². The van der Waals surface area contributed by atoms with Crippen LogP contribution in [0.1, 0.15) is 18.9 Å². The van der Waals surface area contributed by atoms with Gasteiger partial charge in [0.25, 0.3) is 0 Å². The van der Waals surface area contributed by atoms with Crippen molar-refractivity contribution in [1.29, 1.82) is 0 Å². The van der Waals surface area contributed by atoms with Crippen LogP contribution in [0.4, 0.5) is 4.39 Å². The highest BCUT2D eigenvalue weighted by atomic mass is 79.9.